The standard InChI is InChI=1S/C14H6BrF5O2/c15-7-1-4-12(11(18)5-7)22-14(19,20)13(21)9-3-2-8(16)6-10(9)17/h1-6H. The number of hydrogen-bond donors (Lipinski definition) is 0. The Hall–Kier alpha value is -1.96. The maximum absolute atomic E-state index is 13.7. The highest BCUT2D eigenvalue weighted by atomic mass is 79.9. The minimum Gasteiger partial charge on any atom is -0.423 e. The number of rotatable bonds is 4. The van der Waals surface area contributed by atoms with Crippen LogP contribution in [0.3, 0.4) is 0 Å². The average molecular weight is 381 g/mol. The second-order valence-corrected chi connectivity index (χ2v) is 5.06. The maximum atomic E-state index is 13.7. The molecule has 0 aliphatic rings. The summed E-state index contributed by atoms with van der Waals surface area (Å²) in [5.41, 5.74) is -1.07. The molecule has 116 valence electrons. The summed E-state index contributed by atoms with van der Waals surface area (Å²) in [6.07, 6.45) is -4.52. The summed E-state index contributed by atoms with van der Waals surface area (Å²) in [6.45, 7) is 0. The van der Waals surface area contributed by atoms with Crippen LogP contribution in [0.4, 0.5) is 22.0 Å². The van der Waals surface area contributed by atoms with Gasteiger partial charge in [0.05, 0.1) is 5.56 Å². The van der Waals surface area contributed by atoms with E-state index in [0.717, 1.165) is 12.1 Å². The molecule has 0 fully saturated rings. The number of hydrogen-bond acceptors (Lipinski definition) is 2. The van der Waals surface area contributed by atoms with Gasteiger partial charge < -0.3 is 4.74 Å². The van der Waals surface area contributed by atoms with Crippen molar-refractivity contribution in [2.75, 3.05) is 0 Å². The Labute approximate surface area is 129 Å². The SMILES string of the molecule is O=C(c1ccc(F)cc1F)C(F)(F)Oc1ccc(Br)cc1F. The number of carbonyl (C=O) groups excluding carboxylic acids is 1. The molecule has 0 heterocycles. The van der Waals surface area contributed by atoms with Gasteiger partial charge in [0, 0.05) is 10.5 Å². The van der Waals surface area contributed by atoms with Crippen molar-refractivity contribution in [1.82, 2.24) is 0 Å². The van der Waals surface area contributed by atoms with E-state index in [1.165, 1.54) is 6.07 Å². The van der Waals surface area contributed by atoms with Crippen molar-refractivity contribution in [3.63, 3.8) is 0 Å². The Morgan fingerprint density at radius 3 is 2.27 bits per heavy atom. The Kier molecular flexibility index (Phi) is 4.50. The molecule has 0 unspecified atom stereocenters. The second-order valence-electron chi connectivity index (χ2n) is 4.15. The molecule has 22 heavy (non-hydrogen) atoms. The van der Waals surface area contributed by atoms with Gasteiger partial charge in [0.15, 0.2) is 11.6 Å². The van der Waals surface area contributed by atoms with Crippen LogP contribution in [-0.4, -0.2) is 11.9 Å². The largest absolute Gasteiger partial charge is 0.466 e. The number of ether oxygens (including phenoxy) is 1. The molecule has 0 saturated carbocycles. The molecule has 0 bridgehead atoms. The molecule has 0 amide bonds. The summed E-state index contributed by atoms with van der Waals surface area (Å²) in [7, 11) is 0. The van der Waals surface area contributed by atoms with Gasteiger partial charge in [-0.25, -0.2) is 13.2 Å². The van der Waals surface area contributed by atoms with Crippen molar-refractivity contribution >= 4 is 21.7 Å². The normalized spacial score (nSPS) is 11.4. The summed E-state index contributed by atoms with van der Waals surface area (Å²) in [5.74, 6) is -6.57. The lowest BCUT2D eigenvalue weighted by atomic mass is 10.1. The van der Waals surface area contributed by atoms with Gasteiger partial charge >= 0.3 is 6.11 Å². The first-order valence-corrected chi connectivity index (χ1v) is 6.52. The zero-order chi connectivity index (χ0) is 16.5. The number of Topliss-reactive ketones (excluding diaryl/α,β-unsaturated/α-hetero) is 1. The zero-order valence-electron chi connectivity index (χ0n) is 10.5. The van der Waals surface area contributed by atoms with Gasteiger partial charge in [0.2, 0.25) is 0 Å². The molecule has 2 aromatic rings. The highest BCUT2D eigenvalue weighted by Crippen LogP contribution is 2.29. The Morgan fingerprint density at radius 2 is 1.68 bits per heavy atom. The lowest BCUT2D eigenvalue weighted by Gasteiger charge is -2.17. The molecular formula is C14H6BrF5O2. The predicted molar refractivity (Wildman–Crippen MR) is 70.4 cm³/mol. The fourth-order valence-corrected chi connectivity index (χ4v) is 1.91. The molecule has 0 atom stereocenters. The van der Waals surface area contributed by atoms with Crippen molar-refractivity contribution in [2.24, 2.45) is 0 Å². The fourth-order valence-electron chi connectivity index (χ4n) is 1.57. The van der Waals surface area contributed by atoms with Crippen LogP contribution < -0.4 is 4.74 Å². The maximum Gasteiger partial charge on any atom is 0.466 e. The van der Waals surface area contributed by atoms with Gasteiger partial charge in [0.1, 0.15) is 11.6 Å². The summed E-state index contributed by atoms with van der Waals surface area (Å²) in [6, 6.07) is 4.44. The molecule has 0 aliphatic carbocycles. The fraction of sp³-hybridized carbons (Fsp3) is 0.0714. The van der Waals surface area contributed by atoms with E-state index in [9.17, 15) is 26.7 Å². The highest BCUT2D eigenvalue weighted by molar-refractivity contribution is 9.10. The monoisotopic (exact) mass is 380 g/mol. The van der Waals surface area contributed by atoms with Gasteiger partial charge in [-0.3, -0.25) is 4.79 Å². The number of alkyl halides is 2. The van der Waals surface area contributed by atoms with E-state index in [1.807, 2.05) is 0 Å². The predicted octanol–water partition coefficient (Wildman–Crippen LogP) is 4.72. The zero-order valence-corrected chi connectivity index (χ0v) is 12.1. The molecular weight excluding hydrogens is 375 g/mol. The van der Waals surface area contributed by atoms with E-state index in [0.29, 0.717) is 12.1 Å². The van der Waals surface area contributed by atoms with E-state index in [1.54, 1.807) is 0 Å². The molecule has 0 aromatic heterocycles. The minimum atomic E-state index is -4.52. The highest BCUT2D eigenvalue weighted by Gasteiger charge is 2.44. The molecule has 0 radical (unpaired) electrons. The first-order valence-electron chi connectivity index (χ1n) is 5.72. The van der Waals surface area contributed by atoms with Gasteiger partial charge in [-0.15, -0.1) is 0 Å². The third kappa shape index (κ3) is 3.44. The number of halogens is 6. The molecule has 0 saturated heterocycles. The second kappa shape index (κ2) is 6.04. The van der Waals surface area contributed by atoms with E-state index in [-0.39, 0.29) is 10.5 Å². The summed E-state index contributed by atoms with van der Waals surface area (Å²) in [4.78, 5) is 11.6. The van der Waals surface area contributed by atoms with Crippen LogP contribution >= 0.6 is 15.9 Å². The van der Waals surface area contributed by atoms with Gasteiger partial charge in [-0.2, -0.15) is 8.78 Å². The summed E-state index contributed by atoms with van der Waals surface area (Å²) in [5, 5.41) is 0. The van der Waals surface area contributed by atoms with Crippen LogP contribution in [0.5, 0.6) is 5.75 Å². The Balaban J connectivity index is 2.31. The van der Waals surface area contributed by atoms with Gasteiger partial charge in [0.25, 0.3) is 5.78 Å². The summed E-state index contributed by atoms with van der Waals surface area (Å²) < 4.78 is 71.4. The lowest BCUT2D eigenvalue weighted by Crippen LogP contribution is -2.36. The number of carbonyl (C=O) groups is 1. The molecule has 0 spiro atoms. The van der Waals surface area contributed by atoms with Crippen molar-refractivity contribution in [3.05, 3.63) is 63.9 Å². The van der Waals surface area contributed by atoms with Crippen molar-refractivity contribution < 1.29 is 31.5 Å². The third-order valence-electron chi connectivity index (χ3n) is 2.57. The molecule has 0 aliphatic heterocycles. The van der Waals surface area contributed by atoms with Crippen molar-refractivity contribution in [1.29, 1.82) is 0 Å². The van der Waals surface area contributed by atoms with Crippen LogP contribution in [0.15, 0.2) is 40.9 Å². The first kappa shape index (κ1) is 16.4. The molecule has 2 rings (SSSR count). The van der Waals surface area contributed by atoms with E-state index in [2.05, 4.69) is 20.7 Å². The van der Waals surface area contributed by atoms with Crippen LogP contribution in [0.25, 0.3) is 0 Å². The van der Waals surface area contributed by atoms with E-state index in [4.69, 9.17) is 0 Å². The van der Waals surface area contributed by atoms with Gasteiger partial charge in [-0.1, -0.05) is 15.9 Å². The molecule has 2 aromatic carbocycles. The Bertz CT molecular complexity index is 733. The number of ketones is 1. The van der Waals surface area contributed by atoms with E-state index < -0.39 is 40.7 Å². The lowest BCUT2D eigenvalue weighted by molar-refractivity contribution is -0.135. The van der Waals surface area contributed by atoms with Crippen LogP contribution in [0.1, 0.15) is 10.4 Å². The van der Waals surface area contributed by atoms with Crippen LogP contribution in [-0.2, 0) is 0 Å². The minimum absolute atomic E-state index is 0.275. The first-order chi connectivity index (χ1) is 10.2. The van der Waals surface area contributed by atoms with Crippen molar-refractivity contribution in [2.45, 2.75) is 6.11 Å². The van der Waals surface area contributed by atoms with Crippen LogP contribution in [0, 0.1) is 17.5 Å². The molecule has 8 heteroatoms. The average Bonchev–Trinajstić information content (AvgIpc) is 2.41. The topological polar surface area (TPSA) is 26.3 Å². The molecule has 0 N–H and O–H groups in total. The van der Waals surface area contributed by atoms with Crippen LogP contribution in [0.2, 0.25) is 0 Å². The van der Waals surface area contributed by atoms with Gasteiger partial charge in [-0.05, 0) is 30.3 Å². The quantitative estimate of drug-likeness (QED) is 0.566. The third-order valence-corrected chi connectivity index (χ3v) is 3.07. The van der Waals surface area contributed by atoms with E-state index >= 15 is 0 Å². The summed E-state index contributed by atoms with van der Waals surface area (Å²) >= 11 is 2.92. The number of benzene rings is 2. The Morgan fingerprint density at radius 1 is 1.00 bits per heavy atom. The molecule has 2 nitrogen and oxygen atoms in total. The van der Waals surface area contributed by atoms with Crippen molar-refractivity contribution in [3.8, 4) is 5.75 Å². The smallest absolute Gasteiger partial charge is 0.423 e.